The molecule has 1 atom stereocenters. The summed E-state index contributed by atoms with van der Waals surface area (Å²) in [4.78, 5) is 13.0. The number of nitrogens with one attached hydrogen (secondary N) is 2. The van der Waals surface area contributed by atoms with Gasteiger partial charge in [-0.2, -0.15) is 8.42 Å². The molecule has 1 unspecified atom stereocenters. The van der Waals surface area contributed by atoms with Gasteiger partial charge in [0.15, 0.2) is 5.84 Å². The van der Waals surface area contributed by atoms with Gasteiger partial charge in [-0.05, 0) is 56.3 Å². The van der Waals surface area contributed by atoms with Crippen LogP contribution in [0, 0.1) is 6.92 Å². The van der Waals surface area contributed by atoms with Crippen molar-refractivity contribution >= 4 is 38.4 Å². The van der Waals surface area contributed by atoms with Crippen molar-refractivity contribution in [2.24, 2.45) is 4.40 Å². The number of nitrogens with zero attached hydrogens (tertiary/aromatic N) is 1. The summed E-state index contributed by atoms with van der Waals surface area (Å²) in [6, 6.07) is 20.9. The molecule has 0 radical (unpaired) electrons. The maximum Gasteiger partial charge on any atom is 0.285 e. The SMILES string of the molecule is Cc1c(C(C)NC(=O)c2ccc(NC3=NS(=O)(=O)c4ccccc43)cc2)oc2ccccc12. The predicted molar refractivity (Wildman–Crippen MR) is 127 cm³/mol. The number of fused-ring (bicyclic) bond motifs is 2. The summed E-state index contributed by atoms with van der Waals surface area (Å²) < 4.78 is 34.2. The highest BCUT2D eigenvalue weighted by Gasteiger charge is 2.28. The number of hydrogen-bond donors (Lipinski definition) is 2. The molecule has 33 heavy (non-hydrogen) atoms. The molecule has 8 heteroatoms. The van der Waals surface area contributed by atoms with Crippen LogP contribution in [0.15, 0.2) is 86.5 Å². The zero-order valence-corrected chi connectivity index (χ0v) is 18.8. The Hall–Kier alpha value is -3.91. The molecule has 1 amide bonds. The van der Waals surface area contributed by atoms with E-state index < -0.39 is 10.0 Å². The highest BCUT2D eigenvalue weighted by atomic mass is 32.2. The molecule has 0 saturated carbocycles. The molecule has 1 aromatic heterocycles. The number of sulfonamides is 1. The fraction of sp³-hybridized carbons (Fsp3) is 0.120. The quantitative estimate of drug-likeness (QED) is 0.457. The lowest BCUT2D eigenvalue weighted by molar-refractivity contribution is 0.0935. The summed E-state index contributed by atoms with van der Waals surface area (Å²) in [5.41, 5.74) is 3.42. The Balaban J connectivity index is 1.30. The molecule has 0 aliphatic carbocycles. The minimum Gasteiger partial charge on any atom is -0.459 e. The summed E-state index contributed by atoms with van der Waals surface area (Å²) >= 11 is 0. The molecule has 0 bridgehead atoms. The van der Waals surface area contributed by atoms with E-state index in [0.29, 0.717) is 16.8 Å². The minimum absolute atomic E-state index is 0.179. The Morgan fingerprint density at radius 1 is 0.970 bits per heavy atom. The van der Waals surface area contributed by atoms with E-state index >= 15 is 0 Å². The standard InChI is InChI=1S/C25H21N3O4S/c1-15-19-7-3-5-9-21(19)32-23(15)16(2)26-25(29)17-11-13-18(14-12-17)27-24-20-8-4-6-10-22(20)33(30,31)28-24/h3-14,16H,1-2H3,(H,26,29)(H,27,28). The molecule has 0 saturated heterocycles. The number of hydrogen-bond acceptors (Lipinski definition) is 5. The third-order valence-corrected chi connectivity index (χ3v) is 7.00. The fourth-order valence-corrected chi connectivity index (χ4v) is 5.17. The van der Waals surface area contributed by atoms with Gasteiger partial charge in [-0.25, -0.2) is 0 Å². The number of aryl methyl sites for hydroxylation is 1. The zero-order chi connectivity index (χ0) is 23.2. The number of benzene rings is 3. The molecule has 0 spiro atoms. The van der Waals surface area contributed by atoms with Crippen LogP contribution >= 0.6 is 0 Å². The van der Waals surface area contributed by atoms with Crippen molar-refractivity contribution in [1.29, 1.82) is 0 Å². The van der Waals surface area contributed by atoms with Gasteiger partial charge in [-0.1, -0.05) is 30.3 Å². The van der Waals surface area contributed by atoms with E-state index in [1.54, 1.807) is 42.5 Å². The number of furan rings is 1. The maximum atomic E-state index is 12.8. The molecule has 5 rings (SSSR count). The maximum absolute atomic E-state index is 12.8. The Kier molecular flexibility index (Phi) is 5.02. The van der Waals surface area contributed by atoms with Crippen LogP contribution in [0.3, 0.4) is 0 Å². The van der Waals surface area contributed by atoms with Crippen LogP contribution in [0.5, 0.6) is 0 Å². The van der Waals surface area contributed by atoms with Crippen LogP contribution in [-0.2, 0) is 10.0 Å². The van der Waals surface area contributed by atoms with Crippen LogP contribution in [0.2, 0.25) is 0 Å². The molecule has 2 heterocycles. The second-order valence-electron chi connectivity index (χ2n) is 7.90. The first-order chi connectivity index (χ1) is 15.8. The van der Waals surface area contributed by atoms with Gasteiger partial charge in [0.05, 0.1) is 6.04 Å². The predicted octanol–water partition coefficient (Wildman–Crippen LogP) is 4.79. The van der Waals surface area contributed by atoms with Crippen molar-refractivity contribution in [1.82, 2.24) is 5.32 Å². The average molecular weight is 460 g/mol. The number of rotatable bonds is 4. The first-order valence-corrected chi connectivity index (χ1v) is 11.9. The van der Waals surface area contributed by atoms with Gasteiger partial charge in [-0.3, -0.25) is 4.79 Å². The lowest BCUT2D eigenvalue weighted by atomic mass is 10.1. The van der Waals surface area contributed by atoms with Gasteiger partial charge in [0, 0.05) is 27.8 Å². The molecule has 7 nitrogen and oxygen atoms in total. The van der Waals surface area contributed by atoms with Gasteiger partial charge >= 0.3 is 0 Å². The van der Waals surface area contributed by atoms with Crippen molar-refractivity contribution < 1.29 is 17.6 Å². The number of amides is 1. The Morgan fingerprint density at radius 3 is 2.42 bits per heavy atom. The summed E-state index contributed by atoms with van der Waals surface area (Å²) in [5, 5.41) is 7.04. The van der Waals surface area contributed by atoms with Gasteiger partial charge < -0.3 is 15.1 Å². The number of para-hydroxylation sites is 1. The van der Waals surface area contributed by atoms with Crippen molar-refractivity contribution in [2.45, 2.75) is 24.8 Å². The molecular formula is C25H21N3O4S. The van der Waals surface area contributed by atoms with Crippen LogP contribution in [0.1, 0.15) is 40.2 Å². The van der Waals surface area contributed by atoms with Gasteiger partial charge in [0.2, 0.25) is 0 Å². The van der Waals surface area contributed by atoms with E-state index in [4.69, 9.17) is 4.42 Å². The molecule has 0 fully saturated rings. The normalized spacial score (nSPS) is 15.0. The molecular weight excluding hydrogens is 438 g/mol. The molecule has 2 N–H and O–H groups in total. The number of carbonyl (C=O) groups is 1. The zero-order valence-electron chi connectivity index (χ0n) is 18.0. The molecule has 1 aliphatic rings. The first kappa shape index (κ1) is 21.0. The highest BCUT2D eigenvalue weighted by molar-refractivity contribution is 7.90. The summed E-state index contributed by atoms with van der Waals surface area (Å²) in [6.07, 6.45) is 0. The second kappa shape index (κ2) is 7.90. The smallest absolute Gasteiger partial charge is 0.285 e. The second-order valence-corrected chi connectivity index (χ2v) is 9.47. The number of amidine groups is 1. The summed E-state index contributed by atoms with van der Waals surface area (Å²) in [7, 11) is -3.70. The number of carbonyl (C=O) groups excluding carboxylic acids is 1. The molecule has 166 valence electrons. The third kappa shape index (κ3) is 3.78. The fourth-order valence-electron chi connectivity index (χ4n) is 3.99. The van der Waals surface area contributed by atoms with Crippen molar-refractivity contribution in [3.63, 3.8) is 0 Å². The Morgan fingerprint density at radius 2 is 1.67 bits per heavy atom. The third-order valence-electron chi connectivity index (χ3n) is 5.66. The Bertz CT molecular complexity index is 1520. The lowest BCUT2D eigenvalue weighted by Crippen LogP contribution is -2.26. The van der Waals surface area contributed by atoms with Crippen molar-refractivity contribution in [3.05, 3.63) is 95.2 Å². The summed E-state index contributed by atoms with van der Waals surface area (Å²) in [5.74, 6) is 0.749. The van der Waals surface area contributed by atoms with Crippen molar-refractivity contribution in [2.75, 3.05) is 5.32 Å². The largest absolute Gasteiger partial charge is 0.459 e. The van der Waals surface area contributed by atoms with E-state index in [0.717, 1.165) is 22.3 Å². The van der Waals surface area contributed by atoms with E-state index in [1.165, 1.54) is 6.07 Å². The lowest BCUT2D eigenvalue weighted by Gasteiger charge is -2.13. The van der Waals surface area contributed by atoms with E-state index in [1.807, 2.05) is 38.1 Å². The van der Waals surface area contributed by atoms with Gasteiger partial charge in [-0.15, -0.1) is 4.40 Å². The van der Waals surface area contributed by atoms with E-state index in [9.17, 15) is 13.2 Å². The van der Waals surface area contributed by atoms with Gasteiger partial charge in [0.1, 0.15) is 16.2 Å². The molecule has 4 aromatic rings. The first-order valence-electron chi connectivity index (χ1n) is 10.4. The topological polar surface area (TPSA) is 101 Å². The van der Waals surface area contributed by atoms with Crippen LogP contribution in [-0.4, -0.2) is 20.2 Å². The van der Waals surface area contributed by atoms with Gasteiger partial charge in [0.25, 0.3) is 15.9 Å². The minimum atomic E-state index is -3.70. The van der Waals surface area contributed by atoms with Crippen LogP contribution in [0.25, 0.3) is 11.0 Å². The molecule has 3 aromatic carbocycles. The Labute approximate surface area is 191 Å². The summed E-state index contributed by atoms with van der Waals surface area (Å²) in [6.45, 7) is 3.86. The van der Waals surface area contributed by atoms with E-state index in [2.05, 4.69) is 15.0 Å². The van der Waals surface area contributed by atoms with Crippen molar-refractivity contribution in [3.8, 4) is 0 Å². The van der Waals surface area contributed by atoms with E-state index in [-0.39, 0.29) is 22.7 Å². The van der Waals surface area contributed by atoms with Crippen LogP contribution in [0.4, 0.5) is 5.69 Å². The highest BCUT2D eigenvalue weighted by Crippen LogP contribution is 2.30. The molecule has 1 aliphatic heterocycles. The number of anilines is 1. The monoisotopic (exact) mass is 459 g/mol. The van der Waals surface area contributed by atoms with Crippen LogP contribution < -0.4 is 10.6 Å². The average Bonchev–Trinajstić information content (AvgIpc) is 3.28.